The molecule has 2 aliphatic rings. The van der Waals surface area contributed by atoms with E-state index < -0.39 is 5.60 Å². The van der Waals surface area contributed by atoms with Crippen molar-refractivity contribution in [1.29, 1.82) is 0 Å². The summed E-state index contributed by atoms with van der Waals surface area (Å²) in [5, 5.41) is 11.8. The summed E-state index contributed by atoms with van der Waals surface area (Å²) in [6.07, 6.45) is 7.55. The molecule has 0 aromatic heterocycles. The van der Waals surface area contributed by atoms with Crippen LogP contribution in [-0.4, -0.2) is 67.4 Å². The van der Waals surface area contributed by atoms with Gasteiger partial charge in [0.2, 0.25) is 0 Å². The van der Waals surface area contributed by atoms with Crippen LogP contribution in [0, 0.1) is 0 Å². The Hall–Kier alpha value is -2.08. The van der Waals surface area contributed by atoms with E-state index in [9.17, 15) is 5.11 Å². The summed E-state index contributed by atoms with van der Waals surface area (Å²) in [6, 6.07) is 17.1. The molecule has 2 aromatic rings. The van der Waals surface area contributed by atoms with Crippen LogP contribution in [0.2, 0.25) is 0 Å². The molecule has 1 N–H and O–H groups in total. The average molecular weight is 467 g/mol. The number of piperidine rings is 1. The lowest BCUT2D eigenvalue weighted by Crippen LogP contribution is -2.48. The third kappa shape index (κ3) is 6.12. The number of methoxy groups -OCH3 is 1. The Morgan fingerprint density at radius 1 is 1.00 bits per heavy atom. The molecule has 34 heavy (non-hydrogen) atoms. The maximum absolute atomic E-state index is 11.8. The minimum atomic E-state index is -0.659. The van der Waals surface area contributed by atoms with Crippen molar-refractivity contribution in [3.05, 3.63) is 59.7 Å². The standard InChI is InChI=1S/C29H42N2O3/c1-30(2)25-14-18-31(19-15-25)21-26(29(32)16-8-5-9-17-29)24-12-13-27(28(20-24)33-3)34-22-23-10-6-4-7-11-23/h4,6-7,10-13,20,25-26,32H,5,8-9,14-19,21-22H2,1-3H3. The Labute approximate surface area is 205 Å². The molecule has 186 valence electrons. The van der Waals surface area contributed by atoms with Crippen molar-refractivity contribution in [2.45, 2.75) is 69.1 Å². The zero-order chi connectivity index (χ0) is 24.0. The molecule has 0 amide bonds. The molecular weight excluding hydrogens is 424 g/mol. The second kappa shape index (κ2) is 11.6. The lowest BCUT2D eigenvalue weighted by atomic mass is 9.72. The predicted octanol–water partition coefficient (Wildman–Crippen LogP) is 5.08. The third-order valence-electron chi connectivity index (χ3n) is 7.92. The van der Waals surface area contributed by atoms with Gasteiger partial charge in [0.1, 0.15) is 6.61 Å². The van der Waals surface area contributed by atoms with E-state index in [1.54, 1.807) is 7.11 Å². The van der Waals surface area contributed by atoms with Crippen molar-refractivity contribution in [2.75, 3.05) is 40.8 Å². The molecule has 0 spiro atoms. The molecule has 5 nitrogen and oxygen atoms in total. The molecule has 1 aliphatic heterocycles. The third-order valence-corrected chi connectivity index (χ3v) is 7.92. The molecule has 2 aromatic carbocycles. The fourth-order valence-electron chi connectivity index (χ4n) is 5.73. The summed E-state index contributed by atoms with van der Waals surface area (Å²) in [4.78, 5) is 4.91. The van der Waals surface area contributed by atoms with Crippen molar-refractivity contribution in [2.24, 2.45) is 0 Å². The fourth-order valence-corrected chi connectivity index (χ4v) is 5.73. The van der Waals surface area contributed by atoms with Gasteiger partial charge in [-0.1, -0.05) is 55.7 Å². The van der Waals surface area contributed by atoms with Crippen LogP contribution < -0.4 is 9.47 Å². The first kappa shape index (κ1) is 25.0. The van der Waals surface area contributed by atoms with E-state index >= 15 is 0 Å². The van der Waals surface area contributed by atoms with Gasteiger partial charge in [0.15, 0.2) is 11.5 Å². The lowest BCUT2D eigenvalue weighted by Gasteiger charge is -2.43. The van der Waals surface area contributed by atoms with Crippen molar-refractivity contribution < 1.29 is 14.6 Å². The van der Waals surface area contributed by atoms with Crippen LogP contribution in [0.5, 0.6) is 11.5 Å². The first-order valence-electron chi connectivity index (χ1n) is 12.9. The van der Waals surface area contributed by atoms with Crippen LogP contribution in [0.15, 0.2) is 48.5 Å². The molecule has 1 unspecified atom stereocenters. The summed E-state index contributed by atoms with van der Waals surface area (Å²) in [5.41, 5.74) is 1.63. The Kier molecular flexibility index (Phi) is 8.51. The van der Waals surface area contributed by atoms with Crippen LogP contribution in [0.1, 0.15) is 62.0 Å². The van der Waals surface area contributed by atoms with Gasteiger partial charge in [-0.3, -0.25) is 0 Å². The van der Waals surface area contributed by atoms with Gasteiger partial charge in [-0.25, -0.2) is 0 Å². The number of nitrogens with zero attached hydrogens (tertiary/aromatic N) is 2. The molecule has 0 radical (unpaired) electrons. The van der Waals surface area contributed by atoms with Crippen molar-refractivity contribution >= 4 is 0 Å². The van der Waals surface area contributed by atoms with Crippen molar-refractivity contribution in [3.63, 3.8) is 0 Å². The van der Waals surface area contributed by atoms with E-state index in [1.165, 1.54) is 19.3 Å². The smallest absolute Gasteiger partial charge is 0.161 e. The predicted molar refractivity (Wildman–Crippen MR) is 138 cm³/mol. The van der Waals surface area contributed by atoms with E-state index in [1.807, 2.05) is 24.3 Å². The van der Waals surface area contributed by atoms with Crippen molar-refractivity contribution in [1.82, 2.24) is 9.80 Å². The molecule has 2 fully saturated rings. The fraction of sp³-hybridized carbons (Fsp3) is 0.586. The molecule has 4 rings (SSSR count). The van der Waals surface area contributed by atoms with Gasteiger partial charge in [0, 0.05) is 18.5 Å². The van der Waals surface area contributed by atoms with E-state index in [4.69, 9.17) is 9.47 Å². The summed E-state index contributed by atoms with van der Waals surface area (Å²) < 4.78 is 11.9. The molecule has 1 heterocycles. The minimum absolute atomic E-state index is 0.0702. The van der Waals surface area contributed by atoms with Crippen LogP contribution in [0.3, 0.4) is 0 Å². The van der Waals surface area contributed by atoms with Gasteiger partial charge in [-0.05, 0) is 76.1 Å². The summed E-state index contributed by atoms with van der Waals surface area (Å²) in [5.74, 6) is 1.56. The molecule has 1 saturated heterocycles. The lowest BCUT2D eigenvalue weighted by molar-refractivity contribution is -0.0336. The van der Waals surface area contributed by atoms with Crippen LogP contribution >= 0.6 is 0 Å². The molecule has 1 saturated carbocycles. The number of likely N-dealkylation sites (tertiary alicyclic amines) is 1. The highest BCUT2D eigenvalue weighted by molar-refractivity contribution is 5.45. The first-order valence-corrected chi connectivity index (χ1v) is 12.9. The SMILES string of the molecule is COc1cc(C(CN2CCC(N(C)C)CC2)C2(O)CCCCC2)ccc1OCc1ccccc1. The molecule has 5 heteroatoms. The quantitative estimate of drug-likeness (QED) is 0.558. The number of ether oxygens (including phenoxy) is 2. The molecule has 1 atom stereocenters. The number of hydrogen-bond donors (Lipinski definition) is 1. The zero-order valence-corrected chi connectivity index (χ0v) is 21.2. The minimum Gasteiger partial charge on any atom is -0.493 e. The Morgan fingerprint density at radius 3 is 2.35 bits per heavy atom. The number of rotatable bonds is 9. The van der Waals surface area contributed by atoms with Crippen molar-refractivity contribution in [3.8, 4) is 11.5 Å². The number of aliphatic hydroxyl groups is 1. The Balaban J connectivity index is 1.53. The second-order valence-corrected chi connectivity index (χ2v) is 10.4. The number of benzene rings is 2. The second-order valence-electron chi connectivity index (χ2n) is 10.4. The van der Waals surface area contributed by atoms with Gasteiger partial charge >= 0.3 is 0 Å². The van der Waals surface area contributed by atoms with Gasteiger partial charge < -0.3 is 24.4 Å². The van der Waals surface area contributed by atoms with Gasteiger partial charge in [0.25, 0.3) is 0 Å². The molecule has 1 aliphatic carbocycles. The van der Waals surface area contributed by atoms with E-state index in [2.05, 4.69) is 48.2 Å². The normalized spacial score (nSPS) is 20.3. The van der Waals surface area contributed by atoms with Gasteiger partial charge in [-0.2, -0.15) is 0 Å². The highest BCUT2D eigenvalue weighted by atomic mass is 16.5. The average Bonchev–Trinajstić information content (AvgIpc) is 2.87. The maximum atomic E-state index is 11.8. The zero-order valence-electron chi connectivity index (χ0n) is 21.2. The van der Waals surface area contributed by atoms with Crippen LogP contribution in [-0.2, 0) is 6.61 Å². The van der Waals surface area contributed by atoms with Crippen LogP contribution in [0.25, 0.3) is 0 Å². The maximum Gasteiger partial charge on any atom is 0.161 e. The van der Waals surface area contributed by atoms with E-state index in [0.29, 0.717) is 12.6 Å². The monoisotopic (exact) mass is 466 g/mol. The van der Waals surface area contributed by atoms with Gasteiger partial charge in [-0.15, -0.1) is 0 Å². The topological polar surface area (TPSA) is 45.2 Å². The van der Waals surface area contributed by atoms with Crippen LogP contribution in [0.4, 0.5) is 0 Å². The van der Waals surface area contributed by atoms with Gasteiger partial charge in [0.05, 0.1) is 12.7 Å². The summed E-state index contributed by atoms with van der Waals surface area (Å²) >= 11 is 0. The van der Waals surface area contributed by atoms with E-state index in [-0.39, 0.29) is 5.92 Å². The summed E-state index contributed by atoms with van der Waals surface area (Å²) in [7, 11) is 6.06. The molecular formula is C29H42N2O3. The van der Waals surface area contributed by atoms with E-state index in [0.717, 1.165) is 67.9 Å². The highest BCUT2D eigenvalue weighted by Crippen LogP contribution is 2.43. The Bertz CT molecular complexity index is 888. The number of hydrogen-bond acceptors (Lipinski definition) is 5. The Morgan fingerprint density at radius 2 is 1.71 bits per heavy atom. The summed E-state index contributed by atoms with van der Waals surface area (Å²) in [6.45, 7) is 3.57. The molecule has 0 bridgehead atoms. The first-order chi connectivity index (χ1) is 16.5. The largest absolute Gasteiger partial charge is 0.493 e. The highest BCUT2D eigenvalue weighted by Gasteiger charge is 2.40.